The van der Waals surface area contributed by atoms with Crippen molar-refractivity contribution in [3.8, 4) is 0 Å². The minimum Gasteiger partial charge on any atom is -0.350 e. The molecule has 104 valence electrons. The number of halogens is 1. The van der Waals surface area contributed by atoms with Crippen LogP contribution in [-0.4, -0.2) is 28.4 Å². The largest absolute Gasteiger partial charge is 0.350 e. The number of nitrogens with one attached hydrogen (secondary N) is 2. The molecule has 0 aliphatic carbocycles. The van der Waals surface area contributed by atoms with E-state index in [1.54, 1.807) is 6.92 Å². The van der Waals surface area contributed by atoms with Crippen molar-refractivity contribution in [3.05, 3.63) is 29.8 Å². The fourth-order valence-electron chi connectivity index (χ4n) is 1.37. The van der Waals surface area contributed by atoms with Crippen LogP contribution in [0, 0.1) is 5.95 Å². The molecule has 1 aromatic heterocycles. The highest BCUT2D eigenvalue weighted by molar-refractivity contribution is 5.97. The van der Waals surface area contributed by atoms with Gasteiger partial charge in [-0.05, 0) is 33.8 Å². The van der Waals surface area contributed by atoms with Crippen molar-refractivity contribution in [2.75, 3.05) is 0 Å². The van der Waals surface area contributed by atoms with E-state index in [-0.39, 0.29) is 17.0 Å². The molecule has 19 heavy (non-hydrogen) atoms. The van der Waals surface area contributed by atoms with Gasteiger partial charge in [-0.1, -0.05) is 0 Å². The summed E-state index contributed by atoms with van der Waals surface area (Å²) in [5.74, 6) is -1.55. The standard InChI is InChI=1S/C13H18FN3O2/c1-8(11(18)17-13(2,3)4)16-12(19)9-5-6-15-10(14)7-9/h5-8H,1-4H3,(H,16,19)(H,17,18). The molecule has 2 amide bonds. The molecule has 0 saturated carbocycles. The van der Waals surface area contributed by atoms with E-state index in [0.717, 1.165) is 6.07 Å². The molecule has 1 atom stereocenters. The Bertz CT molecular complexity index is 483. The fraction of sp³-hybridized carbons (Fsp3) is 0.462. The number of carbonyl (C=O) groups excluding carboxylic acids is 2. The smallest absolute Gasteiger partial charge is 0.252 e. The summed E-state index contributed by atoms with van der Waals surface area (Å²) in [4.78, 5) is 26.9. The summed E-state index contributed by atoms with van der Waals surface area (Å²) in [7, 11) is 0. The van der Waals surface area contributed by atoms with Crippen molar-refractivity contribution in [3.63, 3.8) is 0 Å². The quantitative estimate of drug-likeness (QED) is 0.810. The minimum atomic E-state index is -0.737. The Morgan fingerprint density at radius 1 is 1.37 bits per heavy atom. The zero-order valence-electron chi connectivity index (χ0n) is 11.5. The van der Waals surface area contributed by atoms with Crippen LogP contribution in [0.1, 0.15) is 38.1 Å². The summed E-state index contributed by atoms with van der Waals surface area (Å²) >= 11 is 0. The molecule has 5 nitrogen and oxygen atoms in total. The summed E-state index contributed by atoms with van der Waals surface area (Å²) in [6.07, 6.45) is 1.20. The fourth-order valence-corrected chi connectivity index (χ4v) is 1.37. The topological polar surface area (TPSA) is 71.1 Å². The summed E-state index contributed by atoms with van der Waals surface area (Å²) in [5.41, 5.74) is -0.248. The van der Waals surface area contributed by atoms with Crippen molar-refractivity contribution in [2.45, 2.75) is 39.3 Å². The average molecular weight is 267 g/mol. The van der Waals surface area contributed by atoms with Crippen LogP contribution in [0.25, 0.3) is 0 Å². The summed E-state index contributed by atoms with van der Waals surface area (Å²) in [6, 6.07) is 1.69. The molecule has 1 heterocycles. The highest BCUT2D eigenvalue weighted by Gasteiger charge is 2.21. The van der Waals surface area contributed by atoms with Crippen molar-refractivity contribution >= 4 is 11.8 Å². The van der Waals surface area contributed by atoms with Gasteiger partial charge >= 0.3 is 0 Å². The normalized spacial score (nSPS) is 12.7. The average Bonchev–Trinajstić information content (AvgIpc) is 2.26. The summed E-state index contributed by atoms with van der Waals surface area (Å²) in [6.45, 7) is 7.10. The van der Waals surface area contributed by atoms with Gasteiger partial charge in [0.15, 0.2) is 0 Å². The first kappa shape index (κ1) is 15.1. The Morgan fingerprint density at radius 3 is 2.53 bits per heavy atom. The Hall–Kier alpha value is -1.98. The Labute approximate surface area is 111 Å². The Balaban J connectivity index is 2.64. The van der Waals surface area contributed by atoms with Crippen LogP contribution in [-0.2, 0) is 4.79 Å². The van der Waals surface area contributed by atoms with E-state index in [1.165, 1.54) is 12.3 Å². The van der Waals surface area contributed by atoms with Crippen LogP contribution in [0.5, 0.6) is 0 Å². The van der Waals surface area contributed by atoms with Gasteiger partial charge in [0.2, 0.25) is 11.9 Å². The highest BCUT2D eigenvalue weighted by Crippen LogP contribution is 2.02. The third-order valence-corrected chi connectivity index (χ3v) is 2.23. The summed E-state index contributed by atoms with van der Waals surface area (Å²) < 4.78 is 12.9. The minimum absolute atomic E-state index is 0.128. The molecule has 0 aliphatic rings. The number of hydrogen-bond donors (Lipinski definition) is 2. The molecule has 0 aliphatic heterocycles. The van der Waals surface area contributed by atoms with E-state index < -0.39 is 17.9 Å². The van der Waals surface area contributed by atoms with Gasteiger partial charge in [0.1, 0.15) is 6.04 Å². The van der Waals surface area contributed by atoms with E-state index in [2.05, 4.69) is 15.6 Å². The number of nitrogens with zero attached hydrogens (tertiary/aromatic N) is 1. The maximum absolute atomic E-state index is 12.9. The van der Waals surface area contributed by atoms with Gasteiger partial charge < -0.3 is 10.6 Å². The van der Waals surface area contributed by atoms with Crippen LogP contribution in [0.3, 0.4) is 0 Å². The van der Waals surface area contributed by atoms with E-state index >= 15 is 0 Å². The van der Waals surface area contributed by atoms with Gasteiger partial charge in [0, 0.05) is 23.4 Å². The molecule has 0 radical (unpaired) electrons. The lowest BCUT2D eigenvalue weighted by atomic mass is 10.1. The maximum Gasteiger partial charge on any atom is 0.252 e. The first-order valence-electron chi connectivity index (χ1n) is 5.93. The first-order chi connectivity index (χ1) is 8.69. The van der Waals surface area contributed by atoms with Crippen molar-refractivity contribution < 1.29 is 14.0 Å². The van der Waals surface area contributed by atoms with Gasteiger partial charge in [-0.25, -0.2) is 4.98 Å². The van der Waals surface area contributed by atoms with E-state index in [0.29, 0.717) is 0 Å². The lowest BCUT2D eigenvalue weighted by Gasteiger charge is -2.23. The Kier molecular flexibility index (Phi) is 4.58. The molecule has 6 heteroatoms. The Morgan fingerprint density at radius 2 is 2.00 bits per heavy atom. The van der Waals surface area contributed by atoms with Crippen LogP contribution in [0.4, 0.5) is 4.39 Å². The van der Waals surface area contributed by atoms with Crippen LogP contribution < -0.4 is 10.6 Å². The molecule has 0 bridgehead atoms. The number of hydrogen-bond acceptors (Lipinski definition) is 3. The van der Waals surface area contributed by atoms with Gasteiger partial charge in [-0.15, -0.1) is 0 Å². The summed E-state index contributed by atoms with van der Waals surface area (Å²) in [5, 5.41) is 5.25. The number of carbonyl (C=O) groups is 2. The molecule has 0 spiro atoms. The van der Waals surface area contributed by atoms with Crippen LogP contribution in [0.2, 0.25) is 0 Å². The van der Waals surface area contributed by atoms with E-state index in [1.807, 2.05) is 20.8 Å². The monoisotopic (exact) mass is 267 g/mol. The van der Waals surface area contributed by atoms with E-state index in [4.69, 9.17) is 0 Å². The molecule has 0 fully saturated rings. The lowest BCUT2D eigenvalue weighted by Crippen LogP contribution is -2.50. The third-order valence-electron chi connectivity index (χ3n) is 2.23. The van der Waals surface area contributed by atoms with Gasteiger partial charge in [-0.2, -0.15) is 4.39 Å². The zero-order valence-corrected chi connectivity index (χ0v) is 11.5. The molecule has 0 aromatic carbocycles. The second-order valence-electron chi connectivity index (χ2n) is 5.30. The lowest BCUT2D eigenvalue weighted by molar-refractivity contribution is -0.124. The second-order valence-corrected chi connectivity index (χ2v) is 5.30. The van der Waals surface area contributed by atoms with Crippen LogP contribution >= 0.6 is 0 Å². The maximum atomic E-state index is 12.9. The number of rotatable bonds is 3. The molecule has 1 rings (SSSR count). The van der Waals surface area contributed by atoms with Gasteiger partial charge in [-0.3, -0.25) is 9.59 Å². The number of pyridine rings is 1. The molecular weight excluding hydrogens is 249 g/mol. The number of aromatic nitrogens is 1. The molecule has 1 aromatic rings. The van der Waals surface area contributed by atoms with Crippen molar-refractivity contribution in [2.24, 2.45) is 0 Å². The molecule has 2 N–H and O–H groups in total. The zero-order chi connectivity index (χ0) is 14.6. The molecular formula is C13H18FN3O2. The van der Waals surface area contributed by atoms with Crippen LogP contribution in [0.15, 0.2) is 18.3 Å². The SMILES string of the molecule is CC(NC(=O)c1ccnc(F)c1)C(=O)NC(C)(C)C. The third kappa shape index (κ3) is 5.03. The van der Waals surface area contributed by atoms with Gasteiger partial charge in [0.25, 0.3) is 5.91 Å². The molecule has 1 unspecified atom stereocenters. The van der Waals surface area contributed by atoms with Gasteiger partial charge in [0.05, 0.1) is 0 Å². The van der Waals surface area contributed by atoms with Crippen molar-refractivity contribution in [1.29, 1.82) is 0 Å². The predicted octanol–water partition coefficient (Wildman–Crippen LogP) is 1.25. The van der Waals surface area contributed by atoms with Crippen molar-refractivity contribution in [1.82, 2.24) is 15.6 Å². The number of amides is 2. The predicted molar refractivity (Wildman–Crippen MR) is 69.0 cm³/mol. The first-order valence-corrected chi connectivity index (χ1v) is 5.93. The van der Waals surface area contributed by atoms with E-state index in [9.17, 15) is 14.0 Å². The highest BCUT2D eigenvalue weighted by atomic mass is 19.1. The molecule has 0 saturated heterocycles. The second kappa shape index (κ2) is 5.77.